The summed E-state index contributed by atoms with van der Waals surface area (Å²) in [6.45, 7) is 1.13. The number of nitro groups is 1. The minimum absolute atomic E-state index is 0.0940. The molecule has 3 rings (SSSR count). The van der Waals surface area contributed by atoms with E-state index in [2.05, 4.69) is 4.57 Å². The average Bonchev–Trinajstić information content (AvgIpc) is 3.03. The van der Waals surface area contributed by atoms with Crippen LogP contribution in [0.15, 0.2) is 55.0 Å². The molecular formula is C19H20N3O4+. The first-order chi connectivity index (χ1) is 12.5. The van der Waals surface area contributed by atoms with Gasteiger partial charge in [-0.05, 0) is 31.0 Å². The van der Waals surface area contributed by atoms with E-state index < -0.39 is 4.92 Å². The molecule has 0 aliphatic rings. The fraction of sp³-hybridized carbons (Fsp3) is 0.263. The number of pyridine rings is 1. The van der Waals surface area contributed by atoms with Crippen LogP contribution in [0.25, 0.3) is 10.9 Å². The fourth-order valence-electron chi connectivity index (χ4n) is 2.84. The number of esters is 1. The quantitative estimate of drug-likeness (QED) is 0.215. The maximum atomic E-state index is 12.0. The van der Waals surface area contributed by atoms with Crippen molar-refractivity contribution in [1.29, 1.82) is 0 Å². The molecule has 0 amide bonds. The third kappa shape index (κ3) is 4.05. The Morgan fingerprint density at radius 2 is 2.12 bits per heavy atom. The van der Waals surface area contributed by atoms with Gasteiger partial charge in [-0.1, -0.05) is 0 Å². The lowest BCUT2D eigenvalue weighted by Crippen LogP contribution is -2.28. The average molecular weight is 354 g/mol. The second kappa shape index (κ2) is 7.77. The van der Waals surface area contributed by atoms with Gasteiger partial charge in [-0.2, -0.15) is 0 Å². The zero-order chi connectivity index (χ0) is 18.5. The van der Waals surface area contributed by atoms with Crippen LogP contribution in [0.5, 0.6) is 0 Å². The van der Waals surface area contributed by atoms with Gasteiger partial charge in [0.25, 0.3) is 5.69 Å². The highest BCUT2D eigenvalue weighted by Crippen LogP contribution is 2.22. The fourth-order valence-corrected chi connectivity index (χ4v) is 2.84. The normalized spacial score (nSPS) is 10.8. The number of non-ortho nitro benzene ring substituents is 1. The number of carbonyl (C=O) groups is 1. The highest BCUT2D eigenvalue weighted by molar-refractivity contribution is 5.88. The number of hydrogen-bond acceptors (Lipinski definition) is 4. The Morgan fingerprint density at radius 3 is 2.88 bits per heavy atom. The van der Waals surface area contributed by atoms with E-state index in [-0.39, 0.29) is 11.7 Å². The number of aryl methyl sites for hydroxylation is 2. The first kappa shape index (κ1) is 17.6. The predicted octanol–water partition coefficient (Wildman–Crippen LogP) is 3.01. The number of unbranched alkanes of at least 4 members (excludes halogenated alkanes) is 1. The summed E-state index contributed by atoms with van der Waals surface area (Å²) in [7, 11) is 1.85. The summed E-state index contributed by atoms with van der Waals surface area (Å²) in [6, 6.07) is 10.3. The van der Waals surface area contributed by atoms with Gasteiger partial charge in [0.2, 0.25) is 0 Å². The molecule has 3 aromatic rings. The van der Waals surface area contributed by atoms with E-state index in [9.17, 15) is 14.9 Å². The molecule has 0 N–H and O–H groups in total. The largest absolute Gasteiger partial charge is 0.462 e. The van der Waals surface area contributed by atoms with E-state index in [1.807, 2.05) is 25.5 Å². The van der Waals surface area contributed by atoms with Crippen LogP contribution >= 0.6 is 0 Å². The molecule has 0 saturated heterocycles. The van der Waals surface area contributed by atoms with E-state index in [1.54, 1.807) is 35.0 Å². The summed E-state index contributed by atoms with van der Waals surface area (Å²) in [5.74, 6) is -0.320. The molecule has 0 spiro atoms. The number of fused-ring (bicyclic) bond motifs is 1. The van der Waals surface area contributed by atoms with Crippen LogP contribution in [0, 0.1) is 10.1 Å². The second-order valence-corrected chi connectivity index (χ2v) is 6.11. The van der Waals surface area contributed by atoms with Gasteiger partial charge in [-0.25, -0.2) is 9.36 Å². The number of rotatable bonds is 7. The molecule has 0 saturated carbocycles. The molecule has 0 atom stereocenters. The number of ether oxygens (including phenoxy) is 1. The summed E-state index contributed by atoms with van der Waals surface area (Å²) in [6.07, 6.45) is 7.10. The number of aromatic nitrogens is 2. The Labute approximate surface area is 150 Å². The molecule has 7 nitrogen and oxygen atoms in total. The smallest absolute Gasteiger partial charge is 0.344 e. The van der Waals surface area contributed by atoms with Crippen molar-refractivity contribution in [3.8, 4) is 0 Å². The van der Waals surface area contributed by atoms with Gasteiger partial charge in [0, 0.05) is 41.8 Å². The third-order valence-electron chi connectivity index (χ3n) is 4.17. The molecule has 2 aromatic heterocycles. The van der Waals surface area contributed by atoms with Crippen molar-refractivity contribution in [2.24, 2.45) is 7.05 Å². The van der Waals surface area contributed by atoms with Crippen LogP contribution in [0.3, 0.4) is 0 Å². The molecule has 26 heavy (non-hydrogen) atoms. The van der Waals surface area contributed by atoms with Gasteiger partial charge in [-0.15, -0.1) is 0 Å². The van der Waals surface area contributed by atoms with Crippen LogP contribution in [0.1, 0.15) is 23.2 Å². The second-order valence-electron chi connectivity index (χ2n) is 6.11. The highest BCUT2D eigenvalue weighted by Gasteiger charge is 2.11. The molecule has 1 aromatic carbocycles. The van der Waals surface area contributed by atoms with Crippen molar-refractivity contribution in [3.05, 3.63) is 70.7 Å². The van der Waals surface area contributed by atoms with E-state index in [0.29, 0.717) is 12.2 Å². The Bertz CT molecular complexity index is 949. The van der Waals surface area contributed by atoms with Crippen molar-refractivity contribution in [2.75, 3.05) is 6.61 Å². The van der Waals surface area contributed by atoms with E-state index in [0.717, 1.165) is 30.3 Å². The summed E-state index contributed by atoms with van der Waals surface area (Å²) in [5, 5.41) is 11.7. The van der Waals surface area contributed by atoms with Crippen molar-refractivity contribution < 1.29 is 19.0 Å². The van der Waals surface area contributed by atoms with Gasteiger partial charge in [0.1, 0.15) is 12.6 Å². The molecule has 0 aliphatic heterocycles. The minimum atomic E-state index is -0.391. The molecule has 0 bridgehead atoms. The van der Waals surface area contributed by atoms with Crippen molar-refractivity contribution in [2.45, 2.75) is 19.4 Å². The topological polar surface area (TPSA) is 78.2 Å². The summed E-state index contributed by atoms with van der Waals surface area (Å²) >= 11 is 0. The number of nitrogens with zero attached hydrogens (tertiary/aromatic N) is 3. The van der Waals surface area contributed by atoms with E-state index in [4.69, 9.17) is 4.74 Å². The molecule has 0 radical (unpaired) electrons. The monoisotopic (exact) mass is 354 g/mol. The van der Waals surface area contributed by atoms with Crippen molar-refractivity contribution >= 4 is 22.6 Å². The lowest BCUT2D eigenvalue weighted by molar-refractivity contribution is -0.671. The minimum Gasteiger partial charge on any atom is -0.462 e. The summed E-state index contributed by atoms with van der Waals surface area (Å²) < 4.78 is 9.15. The first-order valence-corrected chi connectivity index (χ1v) is 8.40. The SMILES string of the molecule is C[n+]1cccc(C(=O)OCCCCn2ccc3cc([N+](=O)[O-])ccc32)c1. The van der Waals surface area contributed by atoms with Gasteiger partial charge in [0.05, 0.1) is 11.5 Å². The zero-order valence-electron chi connectivity index (χ0n) is 14.5. The Morgan fingerprint density at radius 1 is 1.27 bits per heavy atom. The molecular weight excluding hydrogens is 334 g/mol. The van der Waals surface area contributed by atoms with E-state index >= 15 is 0 Å². The van der Waals surface area contributed by atoms with Crippen LogP contribution < -0.4 is 4.57 Å². The molecule has 0 aliphatic carbocycles. The van der Waals surface area contributed by atoms with Crippen LogP contribution in [-0.2, 0) is 18.3 Å². The summed E-state index contributed by atoms with van der Waals surface area (Å²) in [4.78, 5) is 22.4. The third-order valence-corrected chi connectivity index (χ3v) is 4.17. The number of benzene rings is 1. The maximum Gasteiger partial charge on any atom is 0.344 e. The molecule has 134 valence electrons. The molecule has 0 fully saturated rings. The lowest BCUT2D eigenvalue weighted by atomic mass is 10.2. The zero-order valence-corrected chi connectivity index (χ0v) is 14.5. The maximum absolute atomic E-state index is 12.0. The van der Waals surface area contributed by atoms with Crippen LogP contribution in [0.4, 0.5) is 5.69 Å². The van der Waals surface area contributed by atoms with E-state index in [1.165, 1.54) is 6.07 Å². The Balaban J connectivity index is 1.49. The first-order valence-electron chi connectivity index (χ1n) is 8.40. The van der Waals surface area contributed by atoms with Gasteiger partial charge in [0.15, 0.2) is 12.4 Å². The highest BCUT2D eigenvalue weighted by atomic mass is 16.6. The van der Waals surface area contributed by atoms with Crippen molar-refractivity contribution in [3.63, 3.8) is 0 Å². The van der Waals surface area contributed by atoms with Crippen LogP contribution in [0.2, 0.25) is 0 Å². The standard InChI is InChI=1S/C19H20N3O4/c1-20-9-4-5-16(14-20)19(23)26-12-3-2-10-21-11-8-15-13-17(22(24)25)6-7-18(15)21/h4-9,11,13-14H,2-3,10,12H2,1H3/q+1. The Hall–Kier alpha value is -3.22. The van der Waals surface area contributed by atoms with Gasteiger partial charge in [-0.3, -0.25) is 10.1 Å². The number of carbonyl (C=O) groups excluding carboxylic acids is 1. The Kier molecular flexibility index (Phi) is 5.26. The van der Waals surface area contributed by atoms with Crippen LogP contribution in [-0.4, -0.2) is 22.1 Å². The number of hydrogen-bond donors (Lipinski definition) is 0. The number of nitro benzene ring substituents is 1. The van der Waals surface area contributed by atoms with Gasteiger partial charge >= 0.3 is 5.97 Å². The molecule has 2 heterocycles. The van der Waals surface area contributed by atoms with Gasteiger partial charge < -0.3 is 9.30 Å². The van der Waals surface area contributed by atoms with Crippen molar-refractivity contribution in [1.82, 2.24) is 4.57 Å². The molecule has 0 unspecified atom stereocenters. The lowest BCUT2D eigenvalue weighted by Gasteiger charge is -2.06. The summed E-state index contributed by atoms with van der Waals surface area (Å²) in [5.41, 5.74) is 1.59. The predicted molar refractivity (Wildman–Crippen MR) is 95.7 cm³/mol. The molecule has 7 heteroatoms.